The van der Waals surface area contributed by atoms with Crippen LogP contribution in [0.2, 0.25) is 0 Å². The molecule has 546 valence electrons. The zero-order valence-electron chi connectivity index (χ0n) is 59.7. The van der Waals surface area contributed by atoms with E-state index in [1.807, 2.05) is 0 Å². The molecule has 0 aliphatic carbocycles. The van der Waals surface area contributed by atoms with E-state index in [0.29, 0.717) is 25.7 Å². The molecule has 0 aliphatic rings. The highest BCUT2D eigenvalue weighted by Gasteiger charge is 2.30. The summed E-state index contributed by atoms with van der Waals surface area (Å²) in [5.74, 6) is -1.31. The molecule has 0 saturated heterocycles. The minimum absolute atomic E-state index is 0.108. The number of hydrogen-bond donors (Lipinski definition) is 3. The van der Waals surface area contributed by atoms with Gasteiger partial charge in [0.05, 0.1) is 26.4 Å². The van der Waals surface area contributed by atoms with E-state index in [4.69, 9.17) is 37.0 Å². The topological polar surface area (TPSA) is 237 Å². The maximum absolute atomic E-state index is 13.1. The summed E-state index contributed by atoms with van der Waals surface area (Å²) in [5.41, 5.74) is 0. The van der Waals surface area contributed by atoms with Crippen molar-refractivity contribution in [2.75, 3.05) is 39.6 Å². The van der Waals surface area contributed by atoms with Crippen molar-refractivity contribution >= 4 is 39.5 Å². The van der Waals surface area contributed by atoms with E-state index in [-0.39, 0.29) is 25.7 Å². The third kappa shape index (κ3) is 66.7. The highest BCUT2D eigenvalue weighted by atomic mass is 31.2. The van der Waals surface area contributed by atoms with Crippen molar-refractivity contribution in [3.8, 4) is 0 Å². The van der Waals surface area contributed by atoms with Crippen molar-refractivity contribution in [3.05, 3.63) is 0 Å². The molecule has 0 bridgehead atoms. The molecule has 0 aromatic carbocycles. The first-order valence-electron chi connectivity index (χ1n) is 38.1. The average molecular weight is 1350 g/mol. The van der Waals surface area contributed by atoms with Crippen LogP contribution in [-0.4, -0.2) is 96.7 Å². The van der Waals surface area contributed by atoms with Crippen molar-refractivity contribution in [1.29, 1.82) is 0 Å². The summed E-state index contributed by atoms with van der Waals surface area (Å²) in [4.78, 5) is 72.6. The van der Waals surface area contributed by atoms with Gasteiger partial charge in [0.25, 0.3) is 0 Å². The van der Waals surface area contributed by atoms with Gasteiger partial charge in [-0.15, -0.1) is 0 Å². The van der Waals surface area contributed by atoms with Gasteiger partial charge in [-0.3, -0.25) is 37.3 Å². The molecule has 0 rings (SSSR count). The van der Waals surface area contributed by atoms with Gasteiger partial charge in [0.1, 0.15) is 19.3 Å². The number of rotatable bonds is 73. The molecule has 0 aliphatic heterocycles. The maximum Gasteiger partial charge on any atom is 0.472 e. The molecule has 0 fully saturated rings. The second-order valence-corrected chi connectivity index (χ2v) is 29.7. The minimum atomic E-state index is -4.95. The number of aliphatic hydroxyl groups is 1. The number of carbonyl (C=O) groups is 4. The lowest BCUT2D eigenvalue weighted by molar-refractivity contribution is -0.161. The minimum Gasteiger partial charge on any atom is -0.462 e. The Morgan fingerprint density at radius 2 is 0.500 bits per heavy atom. The first-order valence-corrected chi connectivity index (χ1v) is 41.1. The Morgan fingerprint density at radius 3 is 0.739 bits per heavy atom. The third-order valence-electron chi connectivity index (χ3n) is 17.0. The van der Waals surface area contributed by atoms with Crippen molar-refractivity contribution in [1.82, 2.24) is 0 Å². The van der Waals surface area contributed by atoms with Gasteiger partial charge in [0.15, 0.2) is 12.2 Å². The molecular weight excluding hydrogens is 1210 g/mol. The summed E-state index contributed by atoms with van der Waals surface area (Å²) in [6, 6.07) is 0. The summed E-state index contributed by atoms with van der Waals surface area (Å²) >= 11 is 0. The zero-order chi connectivity index (χ0) is 67.7. The van der Waals surface area contributed by atoms with Crippen LogP contribution in [0.15, 0.2) is 0 Å². The molecule has 0 spiro atoms. The average Bonchev–Trinajstić information content (AvgIpc) is 2.26. The van der Waals surface area contributed by atoms with Crippen LogP contribution in [0, 0.1) is 5.92 Å². The fraction of sp³-hybridized carbons (Fsp3) is 0.945. The SMILES string of the molecule is CCCCCCCCCCCCCCCC(=O)OC[C@H](COP(=O)(O)OC[C@@H](O)COP(=O)(O)OC[C@@H](COC(=O)CCCCCCCCCCC)OC(=O)CCCCCCCCCCCCCC)OC(=O)CCCCCCCCCCCCCCCCCC(C)C. The van der Waals surface area contributed by atoms with Crippen LogP contribution in [0.5, 0.6) is 0 Å². The first-order chi connectivity index (χ1) is 44.5. The summed E-state index contributed by atoms with van der Waals surface area (Å²) < 4.78 is 68.4. The Kier molecular flexibility index (Phi) is 64.9. The number of hydrogen-bond acceptors (Lipinski definition) is 15. The quantitative estimate of drug-likeness (QED) is 0.0222. The number of unbranched alkanes of at least 4 members (excludes halogenated alkanes) is 45. The van der Waals surface area contributed by atoms with E-state index in [1.165, 1.54) is 205 Å². The largest absolute Gasteiger partial charge is 0.472 e. The van der Waals surface area contributed by atoms with Gasteiger partial charge < -0.3 is 33.8 Å². The van der Waals surface area contributed by atoms with E-state index in [1.54, 1.807) is 0 Å². The lowest BCUT2D eigenvalue weighted by Gasteiger charge is -2.21. The summed E-state index contributed by atoms with van der Waals surface area (Å²) in [6.07, 6.45) is 54.0. The van der Waals surface area contributed by atoms with Gasteiger partial charge in [0.2, 0.25) is 0 Å². The maximum atomic E-state index is 13.1. The smallest absolute Gasteiger partial charge is 0.462 e. The fourth-order valence-corrected chi connectivity index (χ4v) is 12.8. The normalized spacial score (nSPS) is 14.0. The second kappa shape index (κ2) is 66.3. The Hall–Kier alpha value is -1.94. The Morgan fingerprint density at radius 1 is 0.293 bits per heavy atom. The van der Waals surface area contributed by atoms with E-state index in [0.717, 1.165) is 95.8 Å². The molecule has 3 N–H and O–H groups in total. The van der Waals surface area contributed by atoms with E-state index in [9.17, 15) is 43.2 Å². The van der Waals surface area contributed by atoms with Gasteiger partial charge in [-0.2, -0.15) is 0 Å². The van der Waals surface area contributed by atoms with Crippen molar-refractivity contribution in [3.63, 3.8) is 0 Å². The predicted molar refractivity (Wildman–Crippen MR) is 372 cm³/mol. The predicted octanol–water partition coefficient (Wildman–Crippen LogP) is 21.3. The van der Waals surface area contributed by atoms with Crippen LogP contribution in [0.1, 0.15) is 381 Å². The standard InChI is InChI=1S/C73H142O17P2/c1-6-9-12-15-18-21-23-28-33-37-42-47-52-57-71(76)84-63-69(90-73(78)59-54-49-44-39-34-30-27-25-26-29-31-36-40-45-50-55-66(4)5)65-88-92(81,82)86-61-67(74)60-85-91(79,80)87-64-68(62-83-70(75)56-51-46-41-35-20-17-14-11-8-3)89-72(77)58-53-48-43-38-32-24-22-19-16-13-10-7-2/h66-69,74H,6-65H2,1-5H3,(H,79,80)(H,81,82)/t67-,68+,69+/m0/s1. The van der Waals surface area contributed by atoms with Gasteiger partial charge in [-0.05, 0) is 31.6 Å². The van der Waals surface area contributed by atoms with Crippen molar-refractivity contribution in [2.24, 2.45) is 5.92 Å². The Balaban J connectivity index is 5.22. The molecule has 0 aromatic rings. The number of phosphoric ester groups is 2. The molecule has 0 aromatic heterocycles. The Labute approximate surface area is 562 Å². The molecule has 5 atom stereocenters. The molecule has 0 radical (unpaired) electrons. The van der Waals surface area contributed by atoms with Crippen LogP contribution in [0.25, 0.3) is 0 Å². The molecule has 0 heterocycles. The van der Waals surface area contributed by atoms with E-state index < -0.39 is 97.5 Å². The number of carbonyl (C=O) groups excluding carboxylic acids is 4. The number of esters is 4. The first kappa shape index (κ1) is 90.1. The molecule has 19 heteroatoms. The van der Waals surface area contributed by atoms with Gasteiger partial charge in [0, 0.05) is 25.7 Å². The molecule has 0 saturated carbocycles. The van der Waals surface area contributed by atoms with Gasteiger partial charge in [-0.25, -0.2) is 9.13 Å². The van der Waals surface area contributed by atoms with Crippen molar-refractivity contribution in [2.45, 2.75) is 400 Å². The van der Waals surface area contributed by atoms with Crippen LogP contribution < -0.4 is 0 Å². The van der Waals surface area contributed by atoms with Crippen LogP contribution in [-0.2, 0) is 65.4 Å². The highest BCUT2D eigenvalue weighted by Crippen LogP contribution is 2.45. The molecule has 0 amide bonds. The Bertz CT molecular complexity index is 1770. The second-order valence-electron chi connectivity index (χ2n) is 26.8. The lowest BCUT2D eigenvalue weighted by Crippen LogP contribution is -2.30. The summed E-state index contributed by atoms with van der Waals surface area (Å²) in [6.45, 7) is 7.29. The van der Waals surface area contributed by atoms with Crippen LogP contribution in [0.3, 0.4) is 0 Å². The monoisotopic (exact) mass is 1350 g/mol. The van der Waals surface area contributed by atoms with Crippen LogP contribution in [0.4, 0.5) is 0 Å². The fourth-order valence-electron chi connectivity index (χ4n) is 11.2. The summed E-state index contributed by atoms with van der Waals surface area (Å²) in [5, 5.41) is 10.6. The summed E-state index contributed by atoms with van der Waals surface area (Å²) in [7, 11) is -9.90. The molecule has 2 unspecified atom stereocenters. The highest BCUT2D eigenvalue weighted by molar-refractivity contribution is 7.47. The lowest BCUT2D eigenvalue weighted by atomic mass is 10.0. The number of aliphatic hydroxyl groups excluding tert-OH is 1. The zero-order valence-corrected chi connectivity index (χ0v) is 61.5. The van der Waals surface area contributed by atoms with E-state index in [2.05, 4.69) is 34.6 Å². The van der Waals surface area contributed by atoms with Crippen LogP contribution >= 0.6 is 15.6 Å². The number of ether oxygens (including phenoxy) is 4. The molecule has 92 heavy (non-hydrogen) atoms. The van der Waals surface area contributed by atoms with Gasteiger partial charge >= 0.3 is 39.5 Å². The number of phosphoric acid groups is 2. The van der Waals surface area contributed by atoms with E-state index >= 15 is 0 Å². The third-order valence-corrected chi connectivity index (χ3v) is 18.9. The van der Waals surface area contributed by atoms with Gasteiger partial charge in [-0.1, -0.05) is 330 Å². The molecule has 17 nitrogen and oxygen atoms in total. The molecular formula is C73H142O17P2. The van der Waals surface area contributed by atoms with Crippen molar-refractivity contribution < 1.29 is 80.2 Å².